The Morgan fingerprint density at radius 1 is 0.944 bits per heavy atom. The summed E-state index contributed by atoms with van der Waals surface area (Å²) in [5.41, 5.74) is 4.30. The Labute approximate surface area is 215 Å². The number of aryl methyl sites for hydroxylation is 4. The quantitative estimate of drug-likeness (QED) is 0.355. The molecule has 6 nitrogen and oxygen atoms in total. The lowest BCUT2D eigenvalue weighted by Gasteiger charge is -2.26. The van der Waals surface area contributed by atoms with Crippen LogP contribution in [0.1, 0.15) is 42.5 Å². The van der Waals surface area contributed by atoms with Gasteiger partial charge in [0.05, 0.1) is 16.7 Å². The fourth-order valence-corrected chi connectivity index (χ4v) is 5.36. The van der Waals surface area contributed by atoms with Crippen molar-refractivity contribution in [2.75, 3.05) is 17.4 Å². The SMILES string of the molecule is Cc1ccc(S(=O)(=O)N(CC(=O)NCCCc2cccc(OC(C)C)c2)c2cc(C)ccc2C)cc1. The molecule has 0 atom stereocenters. The van der Waals surface area contributed by atoms with Crippen molar-refractivity contribution in [1.29, 1.82) is 0 Å². The van der Waals surface area contributed by atoms with Crippen molar-refractivity contribution in [3.63, 3.8) is 0 Å². The average molecular weight is 509 g/mol. The summed E-state index contributed by atoms with van der Waals surface area (Å²) in [5.74, 6) is 0.487. The van der Waals surface area contributed by atoms with Crippen molar-refractivity contribution in [2.24, 2.45) is 0 Å². The lowest BCUT2D eigenvalue weighted by molar-refractivity contribution is -0.119. The van der Waals surface area contributed by atoms with Gasteiger partial charge in [-0.2, -0.15) is 0 Å². The zero-order valence-electron chi connectivity index (χ0n) is 21.7. The molecule has 0 saturated carbocycles. The topological polar surface area (TPSA) is 75.7 Å². The molecular weight excluding hydrogens is 472 g/mol. The molecule has 0 aliphatic heterocycles. The number of benzene rings is 3. The molecular formula is C29H36N2O4S. The van der Waals surface area contributed by atoms with E-state index in [0.717, 1.165) is 40.8 Å². The summed E-state index contributed by atoms with van der Waals surface area (Å²) < 4.78 is 34.2. The summed E-state index contributed by atoms with van der Waals surface area (Å²) in [6, 6.07) is 20.2. The molecule has 192 valence electrons. The van der Waals surface area contributed by atoms with Gasteiger partial charge in [-0.05, 0) is 94.5 Å². The van der Waals surface area contributed by atoms with Crippen LogP contribution in [0.25, 0.3) is 0 Å². The third-order valence-corrected chi connectivity index (χ3v) is 7.54. The van der Waals surface area contributed by atoms with Crippen LogP contribution in [-0.4, -0.2) is 33.5 Å². The maximum Gasteiger partial charge on any atom is 0.264 e. The van der Waals surface area contributed by atoms with Gasteiger partial charge < -0.3 is 10.1 Å². The summed E-state index contributed by atoms with van der Waals surface area (Å²) in [6.07, 6.45) is 1.61. The Morgan fingerprint density at radius 3 is 2.33 bits per heavy atom. The first-order valence-corrected chi connectivity index (χ1v) is 13.7. The molecule has 0 aliphatic rings. The summed E-state index contributed by atoms with van der Waals surface area (Å²) in [6.45, 7) is 9.78. The number of carbonyl (C=O) groups excluding carboxylic acids is 1. The van der Waals surface area contributed by atoms with E-state index in [1.165, 1.54) is 4.31 Å². The first-order valence-electron chi connectivity index (χ1n) is 12.2. The minimum Gasteiger partial charge on any atom is -0.491 e. The lowest BCUT2D eigenvalue weighted by Crippen LogP contribution is -2.41. The van der Waals surface area contributed by atoms with Gasteiger partial charge in [0.15, 0.2) is 0 Å². The summed E-state index contributed by atoms with van der Waals surface area (Å²) >= 11 is 0. The number of anilines is 1. The van der Waals surface area contributed by atoms with Crippen molar-refractivity contribution < 1.29 is 17.9 Å². The molecule has 0 heterocycles. The van der Waals surface area contributed by atoms with E-state index in [-0.39, 0.29) is 23.5 Å². The predicted octanol–water partition coefficient (Wildman–Crippen LogP) is 5.34. The minimum absolute atomic E-state index is 0.107. The maximum atomic E-state index is 13.6. The molecule has 0 aliphatic carbocycles. The van der Waals surface area contributed by atoms with Crippen LogP contribution in [-0.2, 0) is 21.2 Å². The molecule has 1 N–H and O–H groups in total. The Morgan fingerprint density at radius 2 is 1.64 bits per heavy atom. The Hall–Kier alpha value is -3.32. The highest BCUT2D eigenvalue weighted by atomic mass is 32.2. The number of nitrogens with zero attached hydrogens (tertiary/aromatic N) is 1. The van der Waals surface area contributed by atoms with Gasteiger partial charge in [0.1, 0.15) is 12.3 Å². The van der Waals surface area contributed by atoms with Gasteiger partial charge in [-0.25, -0.2) is 8.42 Å². The molecule has 0 radical (unpaired) electrons. The zero-order valence-corrected chi connectivity index (χ0v) is 22.6. The monoisotopic (exact) mass is 508 g/mol. The van der Waals surface area contributed by atoms with Crippen LogP contribution in [0.3, 0.4) is 0 Å². The van der Waals surface area contributed by atoms with Crippen LogP contribution >= 0.6 is 0 Å². The highest BCUT2D eigenvalue weighted by Gasteiger charge is 2.28. The summed E-state index contributed by atoms with van der Waals surface area (Å²) in [4.78, 5) is 13.1. The van der Waals surface area contributed by atoms with Crippen LogP contribution in [0, 0.1) is 20.8 Å². The van der Waals surface area contributed by atoms with Crippen LogP contribution < -0.4 is 14.4 Å². The number of rotatable bonds is 11. The second-order valence-electron chi connectivity index (χ2n) is 9.38. The van der Waals surface area contributed by atoms with E-state index in [2.05, 4.69) is 5.32 Å². The highest BCUT2D eigenvalue weighted by molar-refractivity contribution is 7.92. The third kappa shape index (κ3) is 7.34. The number of amides is 1. The lowest BCUT2D eigenvalue weighted by atomic mass is 10.1. The van der Waals surface area contributed by atoms with Gasteiger partial charge in [-0.1, -0.05) is 42.0 Å². The highest BCUT2D eigenvalue weighted by Crippen LogP contribution is 2.28. The van der Waals surface area contributed by atoms with Crippen molar-refractivity contribution >= 4 is 21.6 Å². The molecule has 0 fully saturated rings. The number of sulfonamides is 1. The molecule has 0 spiro atoms. The van der Waals surface area contributed by atoms with Crippen LogP contribution in [0.4, 0.5) is 5.69 Å². The van der Waals surface area contributed by atoms with E-state index in [1.54, 1.807) is 30.3 Å². The summed E-state index contributed by atoms with van der Waals surface area (Å²) in [5, 5.41) is 2.89. The van der Waals surface area contributed by atoms with E-state index in [0.29, 0.717) is 12.2 Å². The Bertz CT molecular complexity index is 1280. The molecule has 0 unspecified atom stereocenters. The molecule has 3 rings (SSSR count). The first-order chi connectivity index (χ1) is 17.1. The van der Waals surface area contributed by atoms with Gasteiger partial charge in [-0.15, -0.1) is 0 Å². The molecule has 36 heavy (non-hydrogen) atoms. The Kier molecular flexibility index (Phi) is 9.15. The van der Waals surface area contributed by atoms with Crippen molar-refractivity contribution in [2.45, 2.75) is 58.5 Å². The number of hydrogen-bond acceptors (Lipinski definition) is 4. The molecule has 3 aromatic rings. The van der Waals surface area contributed by atoms with Gasteiger partial charge >= 0.3 is 0 Å². The van der Waals surface area contributed by atoms with E-state index < -0.39 is 10.0 Å². The van der Waals surface area contributed by atoms with Gasteiger partial charge in [0, 0.05) is 6.54 Å². The fourth-order valence-electron chi connectivity index (χ4n) is 3.88. The molecule has 7 heteroatoms. The van der Waals surface area contributed by atoms with E-state index in [4.69, 9.17) is 4.74 Å². The van der Waals surface area contributed by atoms with Crippen LogP contribution in [0.15, 0.2) is 71.6 Å². The van der Waals surface area contributed by atoms with Crippen LogP contribution in [0.2, 0.25) is 0 Å². The first kappa shape index (κ1) is 27.3. The van der Waals surface area contributed by atoms with Crippen molar-refractivity contribution in [3.8, 4) is 5.75 Å². The Balaban J connectivity index is 1.70. The largest absolute Gasteiger partial charge is 0.491 e. The maximum absolute atomic E-state index is 13.6. The number of nitrogens with one attached hydrogen (secondary N) is 1. The number of hydrogen-bond donors (Lipinski definition) is 1. The molecule has 0 aromatic heterocycles. The second-order valence-corrected chi connectivity index (χ2v) is 11.2. The van der Waals surface area contributed by atoms with Gasteiger partial charge in [-0.3, -0.25) is 9.10 Å². The average Bonchev–Trinajstić information content (AvgIpc) is 2.82. The fraction of sp³-hybridized carbons (Fsp3) is 0.345. The molecule has 0 bridgehead atoms. The van der Waals surface area contributed by atoms with Crippen molar-refractivity contribution in [3.05, 3.63) is 89.0 Å². The van der Waals surface area contributed by atoms with Crippen molar-refractivity contribution in [1.82, 2.24) is 5.32 Å². The van der Waals surface area contributed by atoms with E-state index in [1.807, 2.05) is 71.0 Å². The van der Waals surface area contributed by atoms with Crippen LogP contribution in [0.5, 0.6) is 5.75 Å². The van der Waals surface area contributed by atoms with Gasteiger partial charge in [0.25, 0.3) is 10.0 Å². The second kappa shape index (κ2) is 12.1. The smallest absolute Gasteiger partial charge is 0.264 e. The predicted molar refractivity (Wildman–Crippen MR) is 145 cm³/mol. The van der Waals surface area contributed by atoms with Gasteiger partial charge in [0.2, 0.25) is 5.91 Å². The minimum atomic E-state index is -3.93. The normalized spacial score (nSPS) is 11.4. The molecule has 0 saturated heterocycles. The molecule has 3 aromatic carbocycles. The number of carbonyl (C=O) groups is 1. The summed E-state index contributed by atoms with van der Waals surface area (Å²) in [7, 11) is -3.93. The van der Waals surface area contributed by atoms with E-state index >= 15 is 0 Å². The standard InChI is InChI=1S/C29H36N2O4S/c1-21(2)35-26-10-6-8-25(19-26)9-7-17-30-29(32)20-31(28-18-23(4)11-14-24(28)5)36(33,34)27-15-12-22(3)13-16-27/h6,8,10-16,18-19,21H,7,9,17,20H2,1-5H3,(H,30,32). The number of ether oxygens (including phenoxy) is 1. The third-order valence-electron chi connectivity index (χ3n) is 5.76. The van der Waals surface area contributed by atoms with E-state index in [9.17, 15) is 13.2 Å². The zero-order chi connectivity index (χ0) is 26.3. The molecule has 1 amide bonds.